The van der Waals surface area contributed by atoms with Gasteiger partial charge in [0.2, 0.25) is 0 Å². The number of carboxylic acid groups (broad SMARTS) is 1. The van der Waals surface area contributed by atoms with Gasteiger partial charge in [-0.3, -0.25) is 0 Å². The number of hydrogen-bond acceptors (Lipinski definition) is 5. The molecule has 0 heterocycles. The molecule has 138 valence electrons. The molecule has 0 bridgehead atoms. The minimum atomic E-state index is -1.11. The van der Waals surface area contributed by atoms with Crippen LogP contribution in [0.15, 0.2) is 60.9 Å². The molecule has 0 aromatic heterocycles. The average molecular weight is 358 g/mol. The Labute approximate surface area is 152 Å². The van der Waals surface area contributed by atoms with Gasteiger partial charge in [-0.2, -0.15) is 0 Å². The lowest BCUT2D eigenvalue weighted by Crippen LogP contribution is -2.00. The van der Waals surface area contributed by atoms with Gasteiger partial charge in [0.25, 0.3) is 0 Å². The number of unbranched alkanes of at least 4 members (excludes halogenated alkanes) is 2. The molecule has 0 aliphatic heterocycles. The smallest absolute Gasteiger partial charge is 0.346 e. The summed E-state index contributed by atoms with van der Waals surface area (Å²) in [7, 11) is 0. The average Bonchev–Trinajstić information content (AvgIpc) is 2.62. The molecule has 0 saturated carbocycles. The van der Waals surface area contributed by atoms with E-state index in [0.29, 0.717) is 0 Å². The van der Waals surface area contributed by atoms with Gasteiger partial charge >= 0.3 is 11.9 Å². The minimum Gasteiger partial charge on any atom is -0.507 e. The van der Waals surface area contributed by atoms with Crippen molar-refractivity contribution < 1.29 is 29.6 Å². The number of phenols is 2. The van der Waals surface area contributed by atoms with E-state index in [1.165, 1.54) is 30.5 Å². The number of carbonyl (C=O) groups is 2. The Morgan fingerprint density at radius 1 is 0.962 bits per heavy atom. The number of hydrogen-bond donors (Lipinski definition) is 3. The Kier molecular flexibility index (Phi) is 9.03. The summed E-state index contributed by atoms with van der Waals surface area (Å²) in [4.78, 5) is 21.7. The zero-order valence-corrected chi connectivity index (χ0v) is 14.5. The Hall–Kier alpha value is -3.28. The molecule has 0 unspecified atom stereocenters. The lowest BCUT2D eigenvalue weighted by molar-refractivity contribution is 0.0656. The second kappa shape index (κ2) is 11.3. The van der Waals surface area contributed by atoms with Crippen molar-refractivity contribution in [2.24, 2.45) is 0 Å². The highest BCUT2D eigenvalue weighted by molar-refractivity contribution is 5.92. The molecule has 6 nitrogen and oxygen atoms in total. The zero-order chi connectivity index (χ0) is 19.4. The van der Waals surface area contributed by atoms with E-state index in [1.807, 2.05) is 0 Å². The third-order valence-corrected chi connectivity index (χ3v) is 3.25. The van der Waals surface area contributed by atoms with Gasteiger partial charge in [-0.1, -0.05) is 37.6 Å². The summed E-state index contributed by atoms with van der Waals surface area (Å²) in [5.74, 6) is -1.91. The van der Waals surface area contributed by atoms with Crippen molar-refractivity contribution in [2.45, 2.75) is 26.2 Å². The number of rotatable bonds is 6. The Morgan fingerprint density at radius 2 is 1.50 bits per heavy atom. The second-order valence-corrected chi connectivity index (χ2v) is 5.26. The molecule has 0 radical (unpaired) electrons. The lowest BCUT2D eigenvalue weighted by atomic mass is 10.2. The summed E-state index contributed by atoms with van der Waals surface area (Å²) >= 11 is 0. The molecular formula is C20H22O6. The Balaban J connectivity index is 0.000000289. The van der Waals surface area contributed by atoms with Gasteiger partial charge in [0.05, 0.1) is 6.26 Å². The molecule has 0 fully saturated rings. The fraction of sp³-hybridized carbons (Fsp3) is 0.200. The van der Waals surface area contributed by atoms with Crippen LogP contribution in [0.1, 0.15) is 46.9 Å². The van der Waals surface area contributed by atoms with Crippen molar-refractivity contribution >= 4 is 11.9 Å². The molecule has 0 aliphatic carbocycles. The van der Waals surface area contributed by atoms with Gasteiger partial charge in [0.1, 0.15) is 22.6 Å². The van der Waals surface area contributed by atoms with Gasteiger partial charge in [-0.05, 0) is 43.2 Å². The quantitative estimate of drug-likeness (QED) is 0.403. The summed E-state index contributed by atoms with van der Waals surface area (Å²) in [6, 6.07) is 12.1. The van der Waals surface area contributed by atoms with Crippen LogP contribution in [0.2, 0.25) is 0 Å². The van der Waals surface area contributed by atoms with Crippen molar-refractivity contribution in [3.8, 4) is 11.5 Å². The molecule has 6 heteroatoms. The fourth-order valence-corrected chi connectivity index (χ4v) is 1.86. The molecule has 0 amide bonds. The van der Waals surface area contributed by atoms with E-state index >= 15 is 0 Å². The number of allylic oxidation sites excluding steroid dienone is 1. The monoisotopic (exact) mass is 358 g/mol. The van der Waals surface area contributed by atoms with E-state index in [0.717, 1.165) is 19.3 Å². The number of carbonyl (C=O) groups excluding carboxylic acids is 1. The summed E-state index contributed by atoms with van der Waals surface area (Å²) in [5.41, 5.74) is 0.116. The first-order chi connectivity index (χ1) is 12.5. The van der Waals surface area contributed by atoms with Crippen LogP contribution in [-0.4, -0.2) is 27.3 Å². The normalized spacial score (nSPS) is 10.0. The van der Waals surface area contributed by atoms with E-state index in [1.54, 1.807) is 30.3 Å². The third-order valence-electron chi connectivity index (χ3n) is 3.25. The predicted octanol–water partition coefficient (Wildman–Crippen LogP) is 4.34. The van der Waals surface area contributed by atoms with Crippen molar-refractivity contribution in [3.63, 3.8) is 0 Å². The van der Waals surface area contributed by atoms with Gasteiger partial charge in [-0.15, -0.1) is 0 Å². The summed E-state index contributed by atoms with van der Waals surface area (Å²) in [6.45, 7) is 2.10. The van der Waals surface area contributed by atoms with Crippen molar-refractivity contribution in [2.75, 3.05) is 0 Å². The summed E-state index contributed by atoms with van der Waals surface area (Å²) in [5, 5.41) is 26.7. The maximum Gasteiger partial charge on any atom is 0.346 e. The van der Waals surface area contributed by atoms with E-state index in [2.05, 4.69) is 6.92 Å². The van der Waals surface area contributed by atoms with Crippen LogP contribution in [0.25, 0.3) is 0 Å². The lowest BCUT2D eigenvalue weighted by Gasteiger charge is -2.01. The molecule has 0 spiro atoms. The van der Waals surface area contributed by atoms with Crippen LogP contribution in [0.4, 0.5) is 0 Å². The third kappa shape index (κ3) is 7.09. The van der Waals surface area contributed by atoms with Crippen molar-refractivity contribution in [3.05, 3.63) is 72.0 Å². The van der Waals surface area contributed by atoms with Gasteiger partial charge < -0.3 is 20.1 Å². The van der Waals surface area contributed by atoms with Crippen LogP contribution in [0.5, 0.6) is 11.5 Å². The number of benzene rings is 2. The standard InChI is InChI=1S/C13H16O3.C7H6O3/c1-2-3-4-7-10-16-13(15)11-8-5-6-9-12(11)14;8-6-4-2-1-3-5(6)7(9)10/h5-10,14H,2-4H2,1H3;1-4,8H,(H,9,10). The predicted molar refractivity (Wildman–Crippen MR) is 97.3 cm³/mol. The topological polar surface area (TPSA) is 104 Å². The fourth-order valence-electron chi connectivity index (χ4n) is 1.86. The van der Waals surface area contributed by atoms with Crippen LogP contribution in [0, 0.1) is 0 Å². The molecule has 3 N–H and O–H groups in total. The van der Waals surface area contributed by atoms with Gasteiger partial charge in [0.15, 0.2) is 0 Å². The molecule has 2 aromatic carbocycles. The molecule has 2 rings (SSSR count). The molecule has 26 heavy (non-hydrogen) atoms. The highest BCUT2D eigenvalue weighted by Crippen LogP contribution is 2.16. The highest BCUT2D eigenvalue weighted by atomic mass is 16.5. The number of phenolic OH excluding ortho intramolecular Hbond substituents is 1. The maximum absolute atomic E-state index is 11.5. The molecule has 0 aliphatic rings. The Morgan fingerprint density at radius 3 is 1.96 bits per heavy atom. The minimum absolute atomic E-state index is 0.0607. The van der Waals surface area contributed by atoms with Crippen molar-refractivity contribution in [1.29, 1.82) is 0 Å². The molecule has 0 saturated heterocycles. The van der Waals surface area contributed by atoms with Gasteiger partial charge in [0, 0.05) is 0 Å². The largest absolute Gasteiger partial charge is 0.507 e. The summed E-state index contributed by atoms with van der Waals surface area (Å²) < 4.78 is 4.88. The van der Waals surface area contributed by atoms with Crippen LogP contribution >= 0.6 is 0 Å². The highest BCUT2D eigenvalue weighted by Gasteiger charge is 2.09. The van der Waals surface area contributed by atoms with E-state index in [4.69, 9.17) is 14.9 Å². The number of para-hydroxylation sites is 2. The number of ether oxygens (including phenoxy) is 1. The first-order valence-corrected chi connectivity index (χ1v) is 8.12. The molecular weight excluding hydrogens is 336 g/mol. The maximum atomic E-state index is 11.5. The Bertz CT molecular complexity index is 751. The number of aromatic hydroxyl groups is 2. The van der Waals surface area contributed by atoms with Crippen LogP contribution in [-0.2, 0) is 4.74 Å². The first-order valence-electron chi connectivity index (χ1n) is 8.12. The number of carboxylic acids is 1. The molecule has 0 atom stereocenters. The number of esters is 1. The van der Waals surface area contributed by atoms with E-state index < -0.39 is 11.9 Å². The first kappa shape index (κ1) is 20.8. The van der Waals surface area contributed by atoms with E-state index in [9.17, 15) is 14.7 Å². The second-order valence-electron chi connectivity index (χ2n) is 5.26. The summed E-state index contributed by atoms with van der Waals surface area (Å²) in [6.07, 6.45) is 6.26. The van der Waals surface area contributed by atoms with Crippen LogP contribution < -0.4 is 0 Å². The van der Waals surface area contributed by atoms with Gasteiger partial charge in [-0.25, -0.2) is 9.59 Å². The molecule has 2 aromatic rings. The number of aromatic carboxylic acids is 1. The SMILES string of the molecule is CCCCC=COC(=O)c1ccccc1O.O=C(O)c1ccccc1O. The zero-order valence-electron chi connectivity index (χ0n) is 14.5. The van der Waals surface area contributed by atoms with Crippen LogP contribution in [0.3, 0.4) is 0 Å². The van der Waals surface area contributed by atoms with E-state index in [-0.39, 0.29) is 22.6 Å². The van der Waals surface area contributed by atoms with Crippen molar-refractivity contribution in [1.82, 2.24) is 0 Å².